The molecule has 1 aliphatic rings. The van der Waals surface area contributed by atoms with Crippen LogP contribution < -0.4 is 5.32 Å². The molecule has 0 saturated heterocycles. The molecule has 0 fully saturated rings. The molecule has 3 heteroatoms. The minimum absolute atomic E-state index is 0.184. The molecule has 1 aliphatic heterocycles. The van der Waals surface area contributed by atoms with Gasteiger partial charge in [0.15, 0.2) is 0 Å². The molecular formula is C14H26N2O. The highest BCUT2D eigenvalue weighted by atomic mass is 16.2. The first kappa shape index (κ1) is 14.2. The molecule has 1 heterocycles. The van der Waals surface area contributed by atoms with Crippen molar-refractivity contribution in [1.29, 1.82) is 0 Å². The van der Waals surface area contributed by atoms with Crippen molar-refractivity contribution in [2.45, 2.75) is 46.6 Å². The molecule has 1 amide bonds. The average molecular weight is 238 g/mol. The van der Waals surface area contributed by atoms with Crippen LogP contribution in [-0.4, -0.2) is 36.5 Å². The van der Waals surface area contributed by atoms with E-state index in [0.29, 0.717) is 0 Å². The number of rotatable bonds is 2. The lowest BCUT2D eigenvalue weighted by Crippen LogP contribution is -2.53. The predicted octanol–water partition coefficient (Wildman–Crippen LogP) is 2.19. The molecule has 1 rings (SSSR count). The third kappa shape index (κ3) is 3.32. The Labute approximate surface area is 105 Å². The summed E-state index contributed by atoms with van der Waals surface area (Å²) in [5, 5.41) is 3.07. The average Bonchev–Trinajstić information content (AvgIpc) is 2.27. The van der Waals surface area contributed by atoms with Gasteiger partial charge in [0.2, 0.25) is 5.91 Å². The highest BCUT2D eigenvalue weighted by Crippen LogP contribution is 2.30. The van der Waals surface area contributed by atoms with E-state index in [4.69, 9.17) is 0 Å². The van der Waals surface area contributed by atoms with Crippen molar-refractivity contribution in [3.05, 3.63) is 11.6 Å². The minimum atomic E-state index is -0.465. The molecule has 3 nitrogen and oxygen atoms in total. The summed E-state index contributed by atoms with van der Waals surface area (Å²) in [7, 11) is 1.83. The van der Waals surface area contributed by atoms with Gasteiger partial charge >= 0.3 is 0 Å². The van der Waals surface area contributed by atoms with Gasteiger partial charge in [0, 0.05) is 13.1 Å². The second-order valence-corrected chi connectivity index (χ2v) is 6.36. The Balaban J connectivity index is 2.70. The quantitative estimate of drug-likeness (QED) is 0.748. The Kier molecular flexibility index (Phi) is 4.03. The van der Waals surface area contributed by atoms with Crippen molar-refractivity contribution >= 4 is 5.91 Å². The molecule has 0 spiro atoms. The third-order valence-corrected chi connectivity index (χ3v) is 3.62. The molecule has 0 aromatic rings. The van der Waals surface area contributed by atoms with Gasteiger partial charge in [-0.05, 0) is 32.7 Å². The van der Waals surface area contributed by atoms with E-state index in [2.05, 4.69) is 32.2 Å². The molecule has 0 saturated carbocycles. The maximum atomic E-state index is 12.2. The fourth-order valence-electron chi connectivity index (χ4n) is 2.04. The Morgan fingerprint density at radius 3 is 2.24 bits per heavy atom. The van der Waals surface area contributed by atoms with Crippen molar-refractivity contribution < 1.29 is 4.79 Å². The largest absolute Gasteiger partial charge is 0.337 e. The van der Waals surface area contributed by atoms with Crippen LogP contribution in [-0.2, 0) is 4.79 Å². The Morgan fingerprint density at radius 1 is 1.29 bits per heavy atom. The van der Waals surface area contributed by atoms with Gasteiger partial charge in [0.25, 0.3) is 0 Å². The molecule has 0 aromatic carbocycles. The maximum Gasteiger partial charge on any atom is 0.242 e. The van der Waals surface area contributed by atoms with E-state index in [9.17, 15) is 4.79 Å². The summed E-state index contributed by atoms with van der Waals surface area (Å²) in [6.07, 6.45) is 3.21. The fourth-order valence-corrected chi connectivity index (χ4v) is 2.04. The topological polar surface area (TPSA) is 32.3 Å². The van der Waals surface area contributed by atoms with Gasteiger partial charge in [-0.2, -0.15) is 0 Å². The van der Waals surface area contributed by atoms with Crippen molar-refractivity contribution in [3.63, 3.8) is 0 Å². The van der Waals surface area contributed by atoms with Gasteiger partial charge in [-0.1, -0.05) is 32.4 Å². The highest BCUT2D eigenvalue weighted by Gasteiger charge is 2.32. The van der Waals surface area contributed by atoms with E-state index in [1.807, 2.05) is 25.8 Å². The van der Waals surface area contributed by atoms with E-state index in [1.165, 1.54) is 5.57 Å². The molecule has 0 bridgehead atoms. The summed E-state index contributed by atoms with van der Waals surface area (Å²) < 4.78 is 0. The number of hydrogen-bond donors (Lipinski definition) is 1. The van der Waals surface area contributed by atoms with Crippen LogP contribution in [0.3, 0.4) is 0 Å². The summed E-state index contributed by atoms with van der Waals surface area (Å²) >= 11 is 0. The fraction of sp³-hybridized carbons (Fsp3) is 0.786. The Hall–Kier alpha value is -0.830. The van der Waals surface area contributed by atoms with Crippen molar-refractivity contribution in [1.82, 2.24) is 10.2 Å². The van der Waals surface area contributed by atoms with E-state index >= 15 is 0 Å². The molecule has 0 atom stereocenters. The van der Waals surface area contributed by atoms with Crippen molar-refractivity contribution in [3.8, 4) is 0 Å². The lowest BCUT2D eigenvalue weighted by atomic mass is 9.82. The standard InChI is InChI=1S/C14H26N2O/c1-13(2,3)11-7-9-16(10-8-11)12(17)14(4,5)15-6/h7,15H,8-10H2,1-6H3. The van der Waals surface area contributed by atoms with Gasteiger partial charge in [0.1, 0.15) is 0 Å². The van der Waals surface area contributed by atoms with Crippen LogP contribution in [0.25, 0.3) is 0 Å². The van der Waals surface area contributed by atoms with E-state index < -0.39 is 5.54 Å². The van der Waals surface area contributed by atoms with Crippen LogP contribution in [0.1, 0.15) is 41.0 Å². The monoisotopic (exact) mass is 238 g/mol. The molecule has 17 heavy (non-hydrogen) atoms. The molecule has 0 unspecified atom stereocenters. The van der Waals surface area contributed by atoms with Crippen LogP contribution in [0.15, 0.2) is 11.6 Å². The van der Waals surface area contributed by atoms with Gasteiger partial charge in [-0.15, -0.1) is 0 Å². The zero-order valence-corrected chi connectivity index (χ0v) is 12.1. The molecule has 0 radical (unpaired) electrons. The van der Waals surface area contributed by atoms with Crippen LogP contribution in [0, 0.1) is 5.41 Å². The number of carbonyl (C=O) groups is 1. The second kappa shape index (κ2) is 4.81. The summed E-state index contributed by atoms with van der Waals surface area (Å²) in [4.78, 5) is 14.2. The molecule has 98 valence electrons. The number of nitrogens with one attached hydrogen (secondary N) is 1. The van der Waals surface area contributed by atoms with Crippen LogP contribution in [0.5, 0.6) is 0 Å². The van der Waals surface area contributed by atoms with Crippen molar-refractivity contribution in [2.75, 3.05) is 20.1 Å². The van der Waals surface area contributed by atoms with Crippen molar-refractivity contribution in [2.24, 2.45) is 5.41 Å². The maximum absolute atomic E-state index is 12.2. The Bertz CT molecular complexity index is 324. The molecular weight excluding hydrogens is 212 g/mol. The molecule has 0 aromatic heterocycles. The van der Waals surface area contributed by atoms with Gasteiger partial charge in [-0.3, -0.25) is 4.79 Å². The predicted molar refractivity (Wildman–Crippen MR) is 71.9 cm³/mol. The minimum Gasteiger partial charge on any atom is -0.337 e. The van der Waals surface area contributed by atoms with E-state index in [0.717, 1.165) is 19.5 Å². The molecule has 1 N–H and O–H groups in total. The lowest BCUT2D eigenvalue weighted by molar-refractivity contribution is -0.136. The SMILES string of the molecule is CNC(C)(C)C(=O)N1CC=C(C(C)(C)C)CC1. The first-order valence-electron chi connectivity index (χ1n) is 6.36. The smallest absolute Gasteiger partial charge is 0.242 e. The van der Waals surface area contributed by atoms with E-state index in [1.54, 1.807) is 0 Å². The summed E-state index contributed by atoms with van der Waals surface area (Å²) in [6.45, 7) is 12.1. The van der Waals surface area contributed by atoms with E-state index in [-0.39, 0.29) is 11.3 Å². The number of likely N-dealkylation sites (N-methyl/N-ethyl adjacent to an activating group) is 1. The summed E-state index contributed by atoms with van der Waals surface area (Å²) in [5.41, 5.74) is 1.23. The number of nitrogens with zero attached hydrogens (tertiary/aromatic N) is 1. The molecule has 0 aliphatic carbocycles. The van der Waals surface area contributed by atoms with Gasteiger partial charge in [-0.25, -0.2) is 0 Å². The number of carbonyl (C=O) groups excluding carboxylic acids is 1. The highest BCUT2D eigenvalue weighted by molar-refractivity contribution is 5.85. The zero-order chi connectivity index (χ0) is 13.3. The number of amides is 1. The first-order valence-corrected chi connectivity index (χ1v) is 6.36. The van der Waals surface area contributed by atoms with Crippen LogP contribution in [0.4, 0.5) is 0 Å². The van der Waals surface area contributed by atoms with Crippen LogP contribution in [0.2, 0.25) is 0 Å². The third-order valence-electron chi connectivity index (χ3n) is 3.62. The normalized spacial score (nSPS) is 18.0. The van der Waals surface area contributed by atoms with Gasteiger partial charge < -0.3 is 10.2 Å². The zero-order valence-electron chi connectivity index (χ0n) is 12.1. The van der Waals surface area contributed by atoms with Crippen LogP contribution >= 0.6 is 0 Å². The summed E-state index contributed by atoms with van der Waals surface area (Å²) in [5.74, 6) is 0.184. The number of hydrogen-bond acceptors (Lipinski definition) is 2. The first-order chi connectivity index (χ1) is 7.68. The van der Waals surface area contributed by atoms with Gasteiger partial charge in [0.05, 0.1) is 5.54 Å². The summed E-state index contributed by atoms with van der Waals surface area (Å²) in [6, 6.07) is 0. The second-order valence-electron chi connectivity index (χ2n) is 6.36. The Morgan fingerprint density at radius 2 is 1.88 bits per heavy atom. The lowest BCUT2D eigenvalue weighted by Gasteiger charge is -2.36.